The first kappa shape index (κ1) is 13.8. The van der Waals surface area contributed by atoms with Crippen LogP contribution >= 0.6 is 0 Å². The topological polar surface area (TPSA) is 36.4 Å². The van der Waals surface area contributed by atoms with Crippen molar-refractivity contribution in [2.45, 2.75) is 26.1 Å². The van der Waals surface area contributed by atoms with Crippen LogP contribution in [0.1, 0.15) is 25.5 Å². The lowest BCUT2D eigenvalue weighted by Gasteiger charge is -2.26. The molecule has 0 saturated carbocycles. The van der Waals surface area contributed by atoms with E-state index >= 15 is 0 Å². The maximum Gasteiger partial charge on any atom is 0.405 e. The first-order chi connectivity index (χ1) is 7.85. The van der Waals surface area contributed by atoms with E-state index in [1.165, 1.54) is 13.1 Å². The Bertz CT molecular complexity index is 366. The molecule has 0 aliphatic heterocycles. The van der Waals surface area contributed by atoms with Crippen LogP contribution in [0, 0.1) is 0 Å². The van der Waals surface area contributed by atoms with Gasteiger partial charge in [-0.3, -0.25) is 0 Å². The fraction of sp³-hybridized carbons (Fsp3) is 0.545. The van der Waals surface area contributed by atoms with Crippen molar-refractivity contribution in [3.8, 4) is 0 Å². The number of aromatic nitrogens is 1. The van der Waals surface area contributed by atoms with Crippen LogP contribution in [0.3, 0.4) is 0 Å². The third kappa shape index (κ3) is 3.89. The van der Waals surface area contributed by atoms with Crippen LogP contribution in [0.5, 0.6) is 0 Å². The molecule has 6 heteroatoms. The molecule has 1 atom stereocenters. The molecule has 1 unspecified atom stereocenters. The zero-order valence-corrected chi connectivity index (χ0v) is 9.70. The first-order valence-corrected chi connectivity index (χ1v) is 5.30. The van der Waals surface area contributed by atoms with Gasteiger partial charge >= 0.3 is 6.18 Å². The highest BCUT2D eigenvalue weighted by atomic mass is 19.4. The summed E-state index contributed by atoms with van der Waals surface area (Å²) in [5.74, 6) is 0.183. The van der Waals surface area contributed by atoms with E-state index in [1.807, 2.05) is 0 Å². The predicted octanol–water partition coefficient (Wildman–Crippen LogP) is 2.52. The van der Waals surface area contributed by atoms with Crippen LogP contribution in [0.25, 0.3) is 0 Å². The molecule has 0 aliphatic rings. The Hall–Kier alpha value is -1.30. The van der Waals surface area contributed by atoms with Gasteiger partial charge in [0, 0.05) is 18.3 Å². The molecule has 3 nitrogen and oxygen atoms in total. The quantitative estimate of drug-likeness (QED) is 0.889. The van der Waals surface area contributed by atoms with Crippen molar-refractivity contribution in [3.05, 3.63) is 23.9 Å². The molecule has 0 radical (unpaired) electrons. The minimum Gasteiger partial charge on any atom is -0.389 e. The number of alkyl halides is 3. The minimum atomic E-state index is -4.29. The molecule has 1 heterocycles. The minimum absolute atomic E-state index is 0.177. The second-order valence-electron chi connectivity index (χ2n) is 3.72. The zero-order chi connectivity index (χ0) is 13.1. The monoisotopic (exact) mass is 248 g/mol. The maximum absolute atomic E-state index is 12.4. The van der Waals surface area contributed by atoms with Crippen LogP contribution in [0.2, 0.25) is 0 Å². The summed E-state index contributed by atoms with van der Waals surface area (Å²) in [5.41, 5.74) is 0.401. The molecular weight excluding hydrogens is 233 g/mol. The summed E-state index contributed by atoms with van der Waals surface area (Å²) in [6, 6.07) is 3.17. The molecule has 0 saturated heterocycles. The lowest BCUT2D eigenvalue weighted by atomic mass is 10.1. The Kier molecular flexibility index (Phi) is 4.34. The van der Waals surface area contributed by atoms with Gasteiger partial charge in [-0.1, -0.05) is 6.07 Å². The number of aliphatic hydroxyl groups excluding tert-OH is 1. The van der Waals surface area contributed by atoms with Gasteiger partial charge in [-0.15, -0.1) is 0 Å². The van der Waals surface area contributed by atoms with E-state index in [9.17, 15) is 18.3 Å². The average Bonchev–Trinajstić information content (AvgIpc) is 2.24. The predicted molar refractivity (Wildman–Crippen MR) is 58.8 cm³/mol. The van der Waals surface area contributed by atoms with E-state index in [0.717, 1.165) is 4.90 Å². The molecule has 0 aromatic carbocycles. The molecule has 0 spiro atoms. The van der Waals surface area contributed by atoms with E-state index in [1.54, 1.807) is 19.1 Å². The van der Waals surface area contributed by atoms with Crippen LogP contribution in [-0.2, 0) is 0 Å². The van der Waals surface area contributed by atoms with Crippen molar-refractivity contribution in [2.24, 2.45) is 0 Å². The number of rotatable bonds is 4. The van der Waals surface area contributed by atoms with E-state index in [0.29, 0.717) is 5.56 Å². The standard InChI is InChI=1S/C11H15F3N2O/c1-3-16(7-11(12,13)14)10-9(8(2)17)5-4-6-15-10/h4-6,8,17H,3,7H2,1-2H3. The fourth-order valence-electron chi connectivity index (χ4n) is 1.55. The smallest absolute Gasteiger partial charge is 0.389 e. The largest absolute Gasteiger partial charge is 0.405 e. The second-order valence-corrected chi connectivity index (χ2v) is 3.72. The molecule has 1 aromatic heterocycles. The summed E-state index contributed by atoms with van der Waals surface area (Å²) in [7, 11) is 0. The Morgan fingerprint density at radius 3 is 2.59 bits per heavy atom. The molecular formula is C11H15F3N2O. The highest BCUT2D eigenvalue weighted by Gasteiger charge is 2.31. The molecule has 0 bridgehead atoms. The Balaban J connectivity index is 3.03. The van der Waals surface area contributed by atoms with E-state index in [2.05, 4.69) is 4.98 Å². The van der Waals surface area contributed by atoms with Crippen LogP contribution in [0.15, 0.2) is 18.3 Å². The summed E-state index contributed by atoms with van der Waals surface area (Å²) >= 11 is 0. The Morgan fingerprint density at radius 1 is 1.47 bits per heavy atom. The molecule has 96 valence electrons. The van der Waals surface area contributed by atoms with Gasteiger partial charge in [-0.2, -0.15) is 13.2 Å². The summed E-state index contributed by atoms with van der Waals surface area (Å²) in [5, 5.41) is 9.50. The van der Waals surface area contributed by atoms with Crippen molar-refractivity contribution in [1.29, 1.82) is 0 Å². The van der Waals surface area contributed by atoms with Crippen LogP contribution in [-0.4, -0.2) is 29.4 Å². The lowest BCUT2D eigenvalue weighted by molar-refractivity contribution is -0.119. The Morgan fingerprint density at radius 2 is 2.12 bits per heavy atom. The molecule has 1 aromatic rings. The molecule has 17 heavy (non-hydrogen) atoms. The SMILES string of the molecule is CCN(CC(F)(F)F)c1ncccc1C(C)O. The number of nitrogens with zero attached hydrogens (tertiary/aromatic N) is 2. The molecule has 0 amide bonds. The summed E-state index contributed by atoms with van der Waals surface area (Å²) in [4.78, 5) is 5.02. The number of aliphatic hydroxyl groups is 1. The molecule has 1 N–H and O–H groups in total. The summed E-state index contributed by atoms with van der Waals surface area (Å²) < 4.78 is 37.1. The summed E-state index contributed by atoms with van der Waals surface area (Å²) in [6.45, 7) is 2.23. The van der Waals surface area contributed by atoms with Crippen LogP contribution < -0.4 is 4.90 Å². The Labute approximate surface area is 97.9 Å². The van der Waals surface area contributed by atoms with Crippen molar-refractivity contribution >= 4 is 5.82 Å². The van der Waals surface area contributed by atoms with Crippen LogP contribution in [0.4, 0.5) is 19.0 Å². The normalized spacial score (nSPS) is 13.5. The third-order valence-corrected chi connectivity index (χ3v) is 2.32. The van der Waals surface area contributed by atoms with Gasteiger partial charge in [-0.05, 0) is 19.9 Å². The van der Waals surface area contributed by atoms with E-state index in [4.69, 9.17) is 0 Å². The number of halogens is 3. The van der Waals surface area contributed by atoms with E-state index < -0.39 is 18.8 Å². The molecule has 1 rings (SSSR count). The van der Waals surface area contributed by atoms with Gasteiger partial charge < -0.3 is 10.0 Å². The average molecular weight is 248 g/mol. The number of anilines is 1. The van der Waals surface area contributed by atoms with Crippen molar-refractivity contribution in [1.82, 2.24) is 4.98 Å². The zero-order valence-electron chi connectivity index (χ0n) is 9.70. The number of pyridine rings is 1. The van der Waals surface area contributed by atoms with Gasteiger partial charge in [0.25, 0.3) is 0 Å². The van der Waals surface area contributed by atoms with Crippen molar-refractivity contribution < 1.29 is 18.3 Å². The van der Waals surface area contributed by atoms with Gasteiger partial charge in [0.15, 0.2) is 0 Å². The van der Waals surface area contributed by atoms with Gasteiger partial charge in [-0.25, -0.2) is 4.98 Å². The molecule has 0 aliphatic carbocycles. The number of hydrogen-bond acceptors (Lipinski definition) is 3. The van der Waals surface area contributed by atoms with E-state index in [-0.39, 0.29) is 12.4 Å². The van der Waals surface area contributed by atoms with Gasteiger partial charge in [0.1, 0.15) is 12.4 Å². The first-order valence-electron chi connectivity index (χ1n) is 5.30. The fourth-order valence-corrected chi connectivity index (χ4v) is 1.55. The van der Waals surface area contributed by atoms with Gasteiger partial charge in [0.2, 0.25) is 0 Å². The van der Waals surface area contributed by atoms with Crippen molar-refractivity contribution in [3.63, 3.8) is 0 Å². The summed E-state index contributed by atoms with van der Waals surface area (Å²) in [6.07, 6.45) is -3.72. The van der Waals surface area contributed by atoms with Crippen molar-refractivity contribution in [2.75, 3.05) is 18.0 Å². The third-order valence-electron chi connectivity index (χ3n) is 2.32. The second kappa shape index (κ2) is 5.35. The molecule has 0 fully saturated rings. The highest BCUT2D eigenvalue weighted by molar-refractivity contribution is 5.47. The lowest BCUT2D eigenvalue weighted by Crippen LogP contribution is -2.35. The maximum atomic E-state index is 12.4. The van der Waals surface area contributed by atoms with Gasteiger partial charge in [0.05, 0.1) is 6.10 Å². The number of hydrogen-bond donors (Lipinski definition) is 1. The highest BCUT2D eigenvalue weighted by Crippen LogP contribution is 2.26.